The molecule has 0 aromatic carbocycles. The van der Waals surface area contributed by atoms with Crippen LogP contribution < -0.4 is 10.2 Å². The first-order chi connectivity index (χ1) is 8.83. The predicted octanol–water partition coefficient (Wildman–Crippen LogP) is 2.11. The maximum Gasteiger partial charge on any atom is 0.151 e. The lowest BCUT2D eigenvalue weighted by Gasteiger charge is -2.34. The molecule has 2 aliphatic rings. The van der Waals surface area contributed by atoms with E-state index in [4.69, 9.17) is 0 Å². The van der Waals surface area contributed by atoms with E-state index in [0.29, 0.717) is 6.04 Å². The zero-order valence-corrected chi connectivity index (χ0v) is 11.1. The molecule has 98 valence electrons. The van der Waals surface area contributed by atoms with Crippen LogP contribution >= 0.6 is 0 Å². The first-order valence-electron chi connectivity index (χ1n) is 7.15. The Bertz CT molecular complexity index is 385. The fraction of sp³-hybridized carbons (Fsp3) is 0.714. The Morgan fingerprint density at radius 2 is 2.11 bits per heavy atom. The monoisotopic (exact) mass is 246 g/mol. The van der Waals surface area contributed by atoms with Crippen LogP contribution in [0.1, 0.15) is 44.7 Å². The van der Waals surface area contributed by atoms with Crippen LogP contribution in [0.5, 0.6) is 0 Å². The molecule has 1 saturated heterocycles. The van der Waals surface area contributed by atoms with E-state index >= 15 is 0 Å². The smallest absolute Gasteiger partial charge is 0.151 e. The van der Waals surface area contributed by atoms with E-state index < -0.39 is 0 Å². The van der Waals surface area contributed by atoms with Crippen LogP contribution in [0.2, 0.25) is 0 Å². The minimum atomic E-state index is 0.600. The molecule has 1 N–H and O–H groups in total. The van der Waals surface area contributed by atoms with Crippen molar-refractivity contribution in [3.8, 4) is 0 Å². The van der Waals surface area contributed by atoms with E-state index in [0.717, 1.165) is 30.6 Å². The van der Waals surface area contributed by atoms with Crippen molar-refractivity contribution in [3.05, 3.63) is 17.8 Å². The summed E-state index contributed by atoms with van der Waals surface area (Å²) in [6, 6.07) is 5.56. The Balaban J connectivity index is 1.61. The third kappa shape index (κ3) is 2.80. The quantitative estimate of drug-likeness (QED) is 0.883. The van der Waals surface area contributed by atoms with Crippen molar-refractivity contribution in [1.29, 1.82) is 0 Å². The van der Waals surface area contributed by atoms with E-state index in [1.165, 1.54) is 32.1 Å². The van der Waals surface area contributed by atoms with Gasteiger partial charge in [-0.05, 0) is 51.2 Å². The normalized spacial score (nSPS) is 24.3. The molecule has 0 spiro atoms. The van der Waals surface area contributed by atoms with E-state index in [9.17, 15) is 0 Å². The van der Waals surface area contributed by atoms with Gasteiger partial charge in [-0.2, -0.15) is 5.10 Å². The van der Waals surface area contributed by atoms with Gasteiger partial charge in [0.05, 0.1) is 5.69 Å². The number of nitrogens with zero attached hydrogens (tertiary/aromatic N) is 3. The van der Waals surface area contributed by atoms with Crippen LogP contribution in [0.3, 0.4) is 0 Å². The number of rotatable bonds is 4. The lowest BCUT2D eigenvalue weighted by Crippen LogP contribution is -2.38. The first kappa shape index (κ1) is 11.9. The van der Waals surface area contributed by atoms with Crippen LogP contribution in [-0.2, 0) is 6.54 Å². The number of nitrogens with one attached hydrogen (secondary N) is 1. The average Bonchev–Trinajstić information content (AvgIpc) is 3.22. The van der Waals surface area contributed by atoms with Crippen LogP contribution in [0.4, 0.5) is 5.82 Å². The highest BCUT2D eigenvalue weighted by molar-refractivity contribution is 5.39. The Labute approximate surface area is 109 Å². The Kier molecular flexibility index (Phi) is 3.46. The van der Waals surface area contributed by atoms with Crippen molar-refractivity contribution in [2.24, 2.45) is 0 Å². The topological polar surface area (TPSA) is 41.0 Å². The summed E-state index contributed by atoms with van der Waals surface area (Å²) in [5, 5.41) is 12.2. The van der Waals surface area contributed by atoms with Crippen LogP contribution in [0.15, 0.2) is 12.1 Å². The molecule has 3 rings (SSSR count). The highest BCUT2D eigenvalue weighted by atomic mass is 15.3. The van der Waals surface area contributed by atoms with Crippen molar-refractivity contribution in [2.75, 3.05) is 11.4 Å². The van der Waals surface area contributed by atoms with Gasteiger partial charge in [-0.3, -0.25) is 0 Å². The standard InChI is InChI=1S/C14H22N4/c1-11-4-2-3-9-18(11)14-8-7-13(16-17-14)10-15-12-5-6-12/h7-8,11-12,15H,2-6,9-10H2,1H3. The second kappa shape index (κ2) is 5.22. The minimum absolute atomic E-state index is 0.600. The number of aromatic nitrogens is 2. The van der Waals surface area contributed by atoms with Gasteiger partial charge in [0.25, 0.3) is 0 Å². The first-order valence-corrected chi connectivity index (χ1v) is 7.15. The van der Waals surface area contributed by atoms with Gasteiger partial charge in [0, 0.05) is 25.2 Å². The average molecular weight is 246 g/mol. The van der Waals surface area contributed by atoms with Gasteiger partial charge in [0.2, 0.25) is 0 Å². The summed E-state index contributed by atoms with van der Waals surface area (Å²) in [4.78, 5) is 2.38. The van der Waals surface area contributed by atoms with Gasteiger partial charge in [-0.25, -0.2) is 0 Å². The van der Waals surface area contributed by atoms with Crippen LogP contribution in [0, 0.1) is 0 Å². The summed E-state index contributed by atoms with van der Waals surface area (Å²) in [5.41, 5.74) is 1.05. The third-order valence-electron chi connectivity index (χ3n) is 3.95. The van der Waals surface area contributed by atoms with Gasteiger partial charge in [-0.1, -0.05) is 0 Å². The zero-order chi connectivity index (χ0) is 12.4. The molecule has 0 radical (unpaired) electrons. The fourth-order valence-corrected chi connectivity index (χ4v) is 2.58. The van der Waals surface area contributed by atoms with E-state index in [1.807, 2.05) is 0 Å². The van der Waals surface area contributed by atoms with Crippen molar-refractivity contribution in [3.63, 3.8) is 0 Å². The highest BCUT2D eigenvalue weighted by Gasteiger charge is 2.21. The molecule has 1 atom stereocenters. The molecule has 1 saturated carbocycles. The molecule has 1 aliphatic carbocycles. The maximum atomic E-state index is 4.39. The number of hydrogen-bond acceptors (Lipinski definition) is 4. The van der Waals surface area contributed by atoms with E-state index in [-0.39, 0.29) is 0 Å². The number of anilines is 1. The molecule has 0 bridgehead atoms. The molecular weight excluding hydrogens is 224 g/mol. The molecule has 1 unspecified atom stereocenters. The Morgan fingerprint density at radius 3 is 2.78 bits per heavy atom. The molecule has 4 nitrogen and oxygen atoms in total. The second-order valence-electron chi connectivity index (χ2n) is 5.58. The van der Waals surface area contributed by atoms with Crippen molar-refractivity contribution >= 4 is 5.82 Å². The SMILES string of the molecule is CC1CCCCN1c1ccc(CNC2CC2)nn1. The molecule has 4 heteroatoms. The number of hydrogen-bond donors (Lipinski definition) is 1. The van der Waals surface area contributed by atoms with Crippen LogP contribution in [-0.4, -0.2) is 28.8 Å². The minimum Gasteiger partial charge on any atom is -0.352 e. The zero-order valence-electron chi connectivity index (χ0n) is 11.1. The Morgan fingerprint density at radius 1 is 1.22 bits per heavy atom. The summed E-state index contributed by atoms with van der Waals surface area (Å²) < 4.78 is 0. The molecule has 1 aromatic rings. The van der Waals surface area contributed by atoms with E-state index in [2.05, 4.69) is 39.5 Å². The van der Waals surface area contributed by atoms with Gasteiger partial charge in [-0.15, -0.1) is 5.10 Å². The Hall–Kier alpha value is -1.16. The summed E-state index contributed by atoms with van der Waals surface area (Å²) in [6.45, 7) is 4.26. The molecule has 2 heterocycles. The number of piperidine rings is 1. The molecule has 1 aromatic heterocycles. The fourth-order valence-electron chi connectivity index (χ4n) is 2.58. The molecule has 2 fully saturated rings. The van der Waals surface area contributed by atoms with Crippen LogP contribution in [0.25, 0.3) is 0 Å². The van der Waals surface area contributed by atoms with E-state index in [1.54, 1.807) is 0 Å². The molecule has 0 amide bonds. The van der Waals surface area contributed by atoms with Gasteiger partial charge >= 0.3 is 0 Å². The third-order valence-corrected chi connectivity index (χ3v) is 3.95. The summed E-state index contributed by atoms with van der Waals surface area (Å²) >= 11 is 0. The van der Waals surface area contributed by atoms with Gasteiger partial charge in [0.1, 0.15) is 0 Å². The molecule has 18 heavy (non-hydrogen) atoms. The summed E-state index contributed by atoms with van der Waals surface area (Å²) in [6.07, 6.45) is 6.52. The van der Waals surface area contributed by atoms with Crippen molar-refractivity contribution in [1.82, 2.24) is 15.5 Å². The summed E-state index contributed by atoms with van der Waals surface area (Å²) in [5.74, 6) is 1.04. The maximum absolute atomic E-state index is 4.39. The second-order valence-corrected chi connectivity index (χ2v) is 5.58. The van der Waals surface area contributed by atoms with Gasteiger partial charge < -0.3 is 10.2 Å². The van der Waals surface area contributed by atoms with Crippen molar-refractivity contribution in [2.45, 2.75) is 57.7 Å². The summed E-state index contributed by atoms with van der Waals surface area (Å²) in [7, 11) is 0. The molecule has 1 aliphatic heterocycles. The van der Waals surface area contributed by atoms with Crippen molar-refractivity contribution < 1.29 is 0 Å². The largest absolute Gasteiger partial charge is 0.352 e. The van der Waals surface area contributed by atoms with Gasteiger partial charge in [0.15, 0.2) is 5.82 Å². The predicted molar refractivity (Wildman–Crippen MR) is 72.6 cm³/mol. The molecular formula is C14H22N4. The lowest BCUT2D eigenvalue weighted by molar-refractivity contribution is 0.479. The lowest BCUT2D eigenvalue weighted by atomic mass is 10.0. The highest BCUT2D eigenvalue weighted by Crippen LogP contribution is 2.22.